The Morgan fingerprint density at radius 2 is 1.79 bits per heavy atom. The number of amides is 1. The fourth-order valence-electron chi connectivity index (χ4n) is 4.28. The molecule has 0 bridgehead atoms. The van der Waals surface area contributed by atoms with E-state index in [0.717, 1.165) is 23.6 Å². The van der Waals surface area contributed by atoms with Crippen LogP contribution in [0.25, 0.3) is 0 Å². The average Bonchev–Trinajstić information content (AvgIpc) is 3.53. The van der Waals surface area contributed by atoms with Crippen molar-refractivity contribution < 1.29 is 31.9 Å². The van der Waals surface area contributed by atoms with Gasteiger partial charge in [-0.05, 0) is 25.2 Å². The van der Waals surface area contributed by atoms with Crippen LogP contribution < -0.4 is 9.80 Å². The minimum atomic E-state index is -3.08. The summed E-state index contributed by atoms with van der Waals surface area (Å²) in [5.41, 5.74) is -0.143. The van der Waals surface area contributed by atoms with Crippen LogP contribution in [-0.2, 0) is 9.53 Å². The second-order valence-electron chi connectivity index (χ2n) is 8.90. The normalized spacial score (nSPS) is 22.7. The Balaban J connectivity index is 1.42. The van der Waals surface area contributed by atoms with Crippen molar-refractivity contribution in [3.8, 4) is 0 Å². The Morgan fingerprint density at radius 3 is 2.42 bits per heavy atom. The Morgan fingerprint density at radius 1 is 1.12 bits per heavy atom. The first-order chi connectivity index (χ1) is 15.7. The Bertz CT molecular complexity index is 875. The van der Waals surface area contributed by atoms with Crippen LogP contribution in [0.1, 0.15) is 25.7 Å². The third kappa shape index (κ3) is 5.57. The number of benzene rings is 1. The van der Waals surface area contributed by atoms with Crippen LogP contribution in [0.15, 0.2) is 12.1 Å². The van der Waals surface area contributed by atoms with E-state index in [-0.39, 0.29) is 24.3 Å². The zero-order chi connectivity index (χ0) is 23.7. The maximum Gasteiger partial charge on any atom is 0.414 e. The molecule has 2 saturated heterocycles. The number of hydrogen-bond donors (Lipinski definition) is 0. The molecule has 1 amide bonds. The third-order valence-electron chi connectivity index (χ3n) is 6.43. The van der Waals surface area contributed by atoms with E-state index in [1.165, 1.54) is 12.8 Å². The molecular weight excluding hydrogens is 444 g/mol. The molecule has 0 spiro atoms. The van der Waals surface area contributed by atoms with Crippen LogP contribution in [0, 0.1) is 17.6 Å². The van der Waals surface area contributed by atoms with Crippen LogP contribution in [0.2, 0.25) is 0 Å². The van der Waals surface area contributed by atoms with Crippen molar-refractivity contribution in [1.29, 1.82) is 0 Å². The summed E-state index contributed by atoms with van der Waals surface area (Å²) in [6, 6.07) is 2.17. The lowest BCUT2D eigenvalue weighted by molar-refractivity contribution is -0.129. The predicted octanol–water partition coefficient (Wildman–Crippen LogP) is 3.28. The van der Waals surface area contributed by atoms with E-state index in [1.807, 2.05) is 7.05 Å². The van der Waals surface area contributed by atoms with Gasteiger partial charge in [0.1, 0.15) is 11.8 Å². The Kier molecular flexibility index (Phi) is 7.08. The van der Waals surface area contributed by atoms with Gasteiger partial charge in [-0.25, -0.2) is 32.4 Å². The summed E-state index contributed by atoms with van der Waals surface area (Å²) in [7, 11) is 1.98. The number of ketones is 1. The van der Waals surface area contributed by atoms with Crippen LogP contribution >= 0.6 is 0 Å². The molecule has 0 aromatic heterocycles. The van der Waals surface area contributed by atoms with Crippen molar-refractivity contribution in [2.45, 2.75) is 38.2 Å². The van der Waals surface area contributed by atoms with Gasteiger partial charge in [0.25, 0.3) is 6.43 Å². The van der Waals surface area contributed by atoms with Crippen LogP contribution in [0.5, 0.6) is 0 Å². The summed E-state index contributed by atoms with van der Waals surface area (Å²) in [6.07, 6.45) is -2.78. The average molecular weight is 472 g/mol. The topological polar surface area (TPSA) is 56.3 Å². The summed E-state index contributed by atoms with van der Waals surface area (Å²) in [5, 5.41) is 4.32. The third-order valence-corrected chi connectivity index (χ3v) is 6.43. The standard InChI is InChI=1S/C22H28F4N4O3/c1-27-6-7-28(8-9-29(27)12-14-2-3-14)20-17(23)10-15(11-18(20)24)30-13-16(33-22(30)32)4-5-19(31)21(25)26/h10-11,14,16,21H,2-9,12-13H2,1H3/t16-/m0/s1. The highest BCUT2D eigenvalue weighted by molar-refractivity contribution is 5.90. The summed E-state index contributed by atoms with van der Waals surface area (Å²) in [5.74, 6) is -2.10. The van der Waals surface area contributed by atoms with Gasteiger partial charge in [0.05, 0.1) is 12.2 Å². The number of carbonyl (C=O) groups excluding carboxylic acids is 2. The number of likely N-dealkylation sites (N-methyl/N-ethyl adjacent to an activating group) is 1. The molecule has 3 aliphatic rings. The molecule has 11 heteroatoms. The molecule has 2 heterocycles. The monoisotopic (exact) mass is 472 g/mol. The van der Waals surface area contributed by atoms with Gasteiger partial charge in [-0.1, -0.05) is 0 Å². The number of rotatable bonds is 8. The van der Waals surface area contributed by atoms with Gasteiger partial charge in [0.2, 0.25) is 0 Å². The van der Waals surface area contributed by atoms with Crippen molar-refractivity contribution in [2.24, 2.45) is 5.92 Å². The molecule has 0 radical (unpaired) electrons. The summed E-state index contributed by atoms with van der Waals surface area (Å²) in [6.45, 7) is 3.09. The molecule has 2 aliphatic heterocycles. The van der Waals surface area contributed by atoms with E-state index in [1.54, 1.807) is 4.90 Å². The molecule has 4 rings (SSSR count). The van der Waals surface area contributed by atoms with Gasteiger partial charge in [0.15, 0.2) is 17.4 Å². The minimum absolute atomic E-state index is 0.0104. The van der Waals surface area contributed by atoms with Crippen molar-refractivity contribution in [3.63, 3.8) is 0 Å². The number of hydrogen-bond acceptors (Lipinski definition) is 6. The van der Waals surface area contributed by atoms with Gasteiger partial charge in [0, 0.05) is 58.3 Å². The lowest BCUT2D eigenvalue weighted by Gasteiger charge is -2.29. The number of halogens is 4. The molecule has 7 nitrogen and oxygen atoms in total. The van der Waals surface area contributed by atoms with Crippen LogP contribution in [0.4, 0.5) is 33.7 Å². The van der Waals surface area contributed by atoms with E-state index in [9.17, 15) is 18.4 Å². The predicted molar refractivity (Wildman–Crippen MR) is 113 cm³/mol. The van der Waals surface area contributed by atoms with Crippen LogP contribution in [0.3, 0.4) is 0 Å². The fraction of sp³-hybridized carbons (Fsp3) is 0.636. The van der Waals surface area contributed by atoms with Gasteiger partial charge in [-0.15, -0.1) is 0 Å². The summed E-state index contributed by atoms with van der Waals surface area (Å²) < 4.78 is 59.9. The Labute approximate surface area is 189 Å². The van der Waals surface area contributed by atoms with Crippen molar-refractivity contribution in [2.75, 3.05) is 56.1 Å². The van der Waals surface area contributed by atoms with Gasteiger partial charge < -0.3 is 9.64 Å². The highest BCUT2D eigenvalue weighted by Crippen LogP contribution is 2.33. The number of cyclic esters (lactones) is 1. The number of Topliss-reactive ketones (excluding diaryl/α,β-unsaturated/α-hetero) is 1. The smallest absolute Gasteiger partial charge is 0.414 e. The summed E-state index contributed by atoms with van der Waals surface area (Å²) in [4.78, 5) is 26.0. The number of ether oxygens (including phenoxy) is 1. The fourth-order valence-corrected chi connectivity index (χ4v) is 4.28. The highest BCUT2D eigenvalue weighted by Gasteiger charge is 2.35. The first kappa shape index (κ1) is 23.7. The molecule has 1 aliphatic carbocycles. The van der Waals surface area contributed by atoms with E-state index in [0.29, 0.717) is 32.1 Å². The minimum Gasteiger partial charge on any atom is -0.444 e. The second-order valence-corrected chi connectivity index (χ2v) is 8.90. The molecular formula is C22H28F4N4O3. The van der Waals surface area contributed by atoms with E-state index >= 15 is 8.78 Å². The SMILES string of the molecule is CN1CCN(c2c(F)cc(N3C[C@H](CCC(=O)C(F)F)OC3=O)cc2F)CCN1CC1CC1. The van der Waals surface area contributed by atoms with Gasteiger partial charge in [-0.2, -0.15) is 0 Å². The van der Waals surface area contributed by atoms with E-state index in [4.69, 9.17) is 4.74 Å². The zero-order valence-corrected chi connectivity index (χ0v) is 18.5. The number of hydrazine groups is 1. The van der Waals surface area contributed by atoms with E-state index in [2.05, 4.69) is 10.0 Å². The van der Waals surface area contributed by atoms with Gasteiger partial charge in [-0.3, -0.25) is 9.69 Å². The number of carbonyl (C=O) groups is 2. The van der Waals surface area contributed by atoms with Gasteiger partial charge >= 0.3 is 6.09 Å². The first-order valence-electron chi connectivity index (χ1n) is 11.2. The molecule has 33 heavy (non-hydrogen) atoms. The first-order valence-corrected chi connectivity index (χ1v) is 11.2. The highest BCUT2D eigenvalue weighted by atomic mass is 19.3. The number of nitrogens with zero attached hydrogens (tertiary/aromatic N) is 4. The van der Waals surface area contributed by atoms with Crippen LogP contribution in [-0.4, -0.2) is 80.7 Å². The van der Waals surface area contributed by atoms with Crippen molar-refractivity contribution in [3.05, 3.63) is 23.8 Å². The zero-order valence-electron chi connectivity index (χ0n) is 18.5. The number of anilines is 2. The quantitative estimate of drug-likeness (QED) is 0.542. The lowest BCUT2D eigenvalue weighted by atomic mass is 10.1. The molecule has 3 fully saturated rings. The molecule has 1 saturated carbocycles. The Hall–Kier alpha value is -2.40. The maximum absolute atomic E-state index is 15.0. The maximum atomic E-state index is 15.0. The molecule has 1 atom stereocenters. The largest absolute Gasteiger partial charge is 0.444 e. The lowest BCUT2D eigenvalue weighted by Crippen LogP contribution is -2.41. The summed E-state index contributed by atoms with van der Waals surface area (Å²) >= 11 is 0. The van der Waals surface area contributed by atoms with Crippen molar-refractivity contribution >= 4 is 23.3 Å². The van der Waals surface area contributed by atoms with Crippen molar-refractivity contribution in [1.82, 2.24) is 10.0 Å². The molecule has 182 valence electrons. The molecule has 1 aromatic rings. The second kappa shape index (κ2) is 9.84. The molecule has 0 N–H and O–H groups in total. The molecule has 0 unspecified atom stereocenters. The van der Waals surface area contributed by atoms with E-state index < -0.39 is 42.5 Å². The number of alkyl halides is 2. The molecule has 1 aromatic carbocycles.